The molecule has 0 unspecified atom stereocenters. The van der Waals surface area contributed by atoms with E-state index in [1.807, 2.05) is 36.5 Å². The van der Waals surface area contributed by atoms with E-state index in [0.717, 1.165) is 64.9 Å². The molecule has 0 N–H and O–H groups in total. The number of aromatic nitrogens is 4. The molecule has 6 nitrogen and oxygen atoms in total. The molecule has 5 heterocycles. The van der Waals surface area contributed by atoms with E-state index in [4.69, 9.17) is 14.3 Å². The minimum absolute atomic E-state index is 0.360. The Bertz CT molecular complexity index is 4670. The fraction of sp³-hybridized carbons (Fsp3) is 0.0811. The Hall–Kier alpha value is -9.18. The van der Waals surface area contributed by atoms with Crippen LogP contribution in [0, 0.1) is 0 Å². The lowest BCUT2D eigenvalue weighted by Crippen LogP contribution is -2.41. The molecule has 0 aliphatic carbocycles. The Morgan fingerprint density at radius 3 is 1.28 bits per heavy atom. The van der Waals surface area contributed by atoms with Gasteiger partial charge in [-0.1, -0.05) is 218 Å². The van der Waals surface area contributed by atoms with Crippen molar-refractivity contribution in [3.8, 4) is 55.8 Å². The average molecular weight is 1120 g/mol. The molecule has 0 amide bonds. The summed E-state index contributed by atoms with van der Waals surface area (Å²) in [6, 6.07) is 89.2. The van der Waals surface area contributed by atoms with Crippen molar-refractivity contribution in [1.82, 2.24) is 19.9 Å². The molecule has 0 atom stereocenters. The highest BCUT2D eigenvalue weighted by atomic mass is 79.9. The molecule has 14 aromatic rings. The zero-order valence-electron chi connectivity index (χ0n) is 46.0. The van der Waals surface area contributed by atoms with E-state index in [2.05, 4.69) is 283 Å². The molecule has 15 rings (SSSR count). The second-order valence-electron chi connectivity index (χ2n) is 21.7. The topological polar surface area (TPSA) is 70.0 Å². The predicted molar refractivity (Wildman–Crippen MR) is 346 cm³/mol. The summed E-state index contributed by atoms with van der Waals surface area (Å²) in [5, 5.41) is 9.23. The molecule has 0 bridgehead atoms. The minimum Gasteiger partial charge on any atom is -0.399 e. The van der Waals surface area contributed by atoms with Crippen LogP contribution in [0.4, 0.5) is 0 Å². The molecule has 1 fully saturated rings. The van der Waals surface area contributed by atoms with Gasteiger partial charge in [0, 0.05) is 39.5 Å². The van der Waals surface area contributed by atoms with Crippen LogP contribution in [0.25, 0.3) is 121 Å². The van der Waals surface area contributed by atoms with Crippen molar-refractivity contribution < 1.29 is 9.31 Å². The molecule has 82 heavy (non-hydrogen) atoms. The first kappa shape index (κ1) is 52.2. The first-order chi connectivity index (χ1) is 40.0. The number of nitrogens with zero attached hydrogens (tertiary/aromatic N) is 4. The van der Waals surface area contributed by atoms with Crippen molar-refractivity contribution >= 4 is 93.7 Å². The van der Waals surface area contributed by atoms with E-state index in [9.17, 15) is 0 Å². The molecule has 10 aromatic carbocycles. The largest absolute Gasteiger partial charge is 0.495 e. The number of halogens is 1. The Morgan fingerprint density at radius 1 is 0.329 bits per heavy atom. The molecular weight excluding hydrogens is 1070 g/mol. The van der Waals surface area contributed by atoms with Gasteiger partial charge in [0.15, 0.2) is 0 Å². The van der Waals surface area contributed by atoms with E-state index in [1.165, 1.54) is 66.1 Å². The van der Waals surface area contributed by atoms with E-state index in [0.29, 0.717) is 0 Å². The summed E-state index contributed by atoms with van der Waals surface area (Å²) >= 11 is 3.38. The van der Waals surface area contributed by atoms with Crippen LogP contribution >= 0.6 is 15.9 Å². The molecule has 1 aliphatic rings. The predicted octanol–water partition coefficient (Wildman–Crippen LogP) is 19.0. The maximum atomic E-state index is 6.36. The summed E-state index contributed by atoms with van der Waals surface area (Å²) in [5.74, 6) is 0. The third-order valence-electron chi connectivity index (χ3n) is 16.1. The SMILES string of the molecule is Brc1ccc2ccc3cccnc3c2n1.CC1(C)OB(c2ccc(-c3cccc(-c4ccccc4)c3)c3ccccc23)OC1(C)C.c1ccc(-c2cccc(-c3ccc(-c4ccc5ccc6cccnc6c5n4)c4ccccc34)c2)cc1. The number of hydrogen-bond acceptors (Lipinski definition) is 6. The van der Waals surface area contributed by atoms with E-state index >= 15 is 0 Å². The van der Waals surface area contributed by atoms with Crippen molar-refractivity contribution in [2.24, 2.45) is 0 Å². The van der Waals surface area contributed by atoms with Crippen LogP contribution in [0.2, 0.25) is 0 Å². The summed E-state index contributed by atoms with van der Waals surface area (Å²) in [6.07, 6.45) is 3.63. The molecular formula is C74H56BBrN4O2. The Morgan fingerprint density at radius 2 is 0.732 bits per heavy atom. The van der Waals surface area contributed by atoms with Crippen molar-refractivity contribution in [3.63, 3.8) is 0 Å². The summed E-state index contributed by atoms with van der Waals surface area (Å²) in [5.41, 5.74) is 16.0. The summed E-state index contributed by atoms with van der Waals surface area (Å²) in [7, 11) is -0.375. The highest BCUT2D eigenvalue weighted by Gasteiger charge is 2.52. The van der Waals surface area contributed by atoms with Gasteiger partial charge >= 0.3 is 7.12 Å². The molecule has 0 spiro atoms. The first-order valence-electron chi connectivity index (χ1n) is 27.7. The van der Waals surface area contributed by atoms with Crippen LogP contribution in [0.3, 0.4) is 0 Å². The second-order valence-corrected chi connectivity index (χ2v) is 22.5. The second kappa shape index (κ2) is 22.1. The molecule has 1 saturated heterocycles. The number of hydrogen-bond donors (Lipinski definition) is 0. The minimum atomic E-state index is -0.375. The van der Waals surface area contributed by atoms with Crippen LogP contribution in [-0.4, -0.2) is 38.3 Å². The maximum absolute atomic E-state index is 6.36. The van der Waals surface area contributed by atoms with E-state index in [-0.39, 0.29) is 18.3 Å². The van der Waals surface area contributed by atoms with Crippen molar-refractivity contribution in [2.45, 2.75) is 38.9 Å². The summed E-state index contributed by atoms with van der Waals surface area (Å²) in [6.45, 7) is 8.38. The third kappa shape index (κ3) is 10.2. The van der Waals surface area contributed by atoms with Crippen LogP contribution in [-0.2, 0) is 9.31 Å². The first-order valence-corrected chi connectivity index (χ1v) is 28.5. The fourth-order valence-electron chi connectivity index (χ4n) is 11.1. The fourth-order valence-corrected chi connectivity index (χ4v) is 11.4. The summed E-state index contributed by atoms with van der Waals surface area (Å²) < 4.78 is 13.6. The lowest BCUT2D eigenvalue weighted by molar-refractivity contribution is 0.00578. The number of rotatable bonds is 6. The van der Waals surface area contributed by atoms with Gasteiger partial charge in [0.1, 0.15) is 4.60 Å². The summed E-state index contributed by atoms with van der Waals surface area (Å²) in [4.78, 5) is 18.6. The normalized spacial score (nSPS) is 13.5. The number of pyridine rings is 4. The van der Waals surface area contributed by atoms with Crippen molar-refractivity contribution in [2.75, 3.05) is 0 Å². The quantitative estimate of drug-likeness (QED) is 0.0939. The van der Waals surface area contributed by atoms with Gasteiger partial charge in [-0.05, 0) is 152 Å². The monoisotopic (exact) mass is 1120 g/mol. The lowest BCUT2D eigenvalue weighted by atomic mass is 9.75. The van der Waals surface area contributed by atoms with Crippen LogP contribution in [0.1, 0.15) is 27.7 Å². The highest BCUT2D eigenvalue weighted by Crippen LogP contribution is 2.40. The van der Waals surface area contributed by atoms with Crippen molar-refractivity contribution in [3.05, 3.63) is 272 Å². The van der Waals surface area contributed by atoms with Gasteiger partial charge in [-0.25, -0.2) is 9.97 Å². The molecule has 394 valence electrons. The molecule has 0 radical (unpaired) electrons. The van der Waals surface area contributed by atoms with Gasteiger partial charge in [0.2, 0.25) is 0 Å². The smallest absolute Gasteiger partial charge is 0.399 e. The van der Waals surface area contributed by atoms with Crippen molar-refractivity contribution in [1.29, 1.82) is 0 Å². The van der Waals surface area contributed by atoms with Crippen LogP contribution in [0.5, 0.6) is 0 Å². The van der Waals surface area contributed by atoms with Gasteiger partial charge in [-0.3, -0.25) is 9.97 Å². The van der Waals surface area contributed by atoms with Crippen LogP contribution < -0.4 is 5.46 Å². The molecule has 8 heteroatoms. The Labute approximate surface area is 486 Å². The van der Waals surface area contributed by atoms with Gasteiger partial charge < -0.3 is 9.31 Å². The zero-order chi connectivity index (χ0) is 55.8. The Kier molecular flexibility index (Phi) is 14.0. The van der Waals surface area contributed by atoms with Crippen LogP contribution in [0.15, 0.2) is 272 Å². The Balaban J connectivity index is 0.000000124. The molecule has 1 aliphatic heterocycles. The third-order valence-corrected chi connectivity index (χ3v) is 16.5. The average Bonchev–Trinajstić information content (AvgIpc) is 3.29. The number of benzene rings is 10. The molecule has 4 aromatic heterocycles. The molecule has 0 saturated carbocycles. The highest BCUT2D eigenvalue weighted by molar-refractivity contribution is 9.10. The van der Waals surface area contributed by atoms with Gasteiger partial charge in [0.05, 0.1) is 39.0 Å². The standard InChI is InChI=1S/C34H22N2.C28H27BO2.C12H7BrN2/c1-2-8-23(9-3-1)26-10-6-11-27(22-26)28-18-19-31(30-14-5-4-13-29(28)30)32-20-17-25-16-15-24-12-7-21-35-33(24)34(25)36-32;1-27(2)28(3,4)31-29(30-27)26-18-17-23(24-15-8-9-16-25(24)26)22-14-10-13-21(19-22)20-11-6-5-7-12-20;13-10-6-5-9-4-3-8-2-1-7-14-11(8)12(9)15-10/h1-22H;5-19H,1-4H3;1-7H. The number of fused-ring (bicyclic) bond motifs is 8. The van der Waals surface area contributed by atoms with Gasteiger partial charge in [-0.2, -0.15) is 0 Å². The van der Waals surface area contributed by atoms with E-state index < -0.39 is 0 Å². The maximum Gasteiger partial charge on any atom is 0.495 e. The zero-order valence-corrected chi connectivity index (χ0v) is 47.6. The van der Waals surface area contributed by atoms with E-state index in [1.54, 1.807) is 6.20 Å². The van der Waals surface area contributed by atoms with Gasteiger partial charge in [-0.15, -0.1) is 0 Å². The van der Waals surface area contributed by atoms with Gasteiger partial charge in [0.25, 0.3) is 0 Å². The lowest BCUT2D eigenvalue weighted by Gasteiger charge is -2.32.